The van der Waals surface area contributed by atoms with Crippen LogP contribution in [-0.4, -0.2) is 367 Å². The zero-order valence-electron chi connectivity index (χ0n) is 61.7. The number of carboxylic acids is 1. The zero-order valence-corrected chi connectivity index (χ0v) is 61.7. The summed E-state index contributed by atoms with van der Waals surface area (Å²) in [5, 5.41) is 234. The van der Waals surface area contributed by atoms with Gasteiger partial charge in [-0.15, -0.1) is 0 Å². The summed E-state index contributed by atoms with van der Waals surface area (Å²) in [4.78, 5) is 30.2. The van der Waals surface area contributed by atoms with Gasteiger partial charge in [0.1, 0.15) is 140 Å². The van der Waals surface area contributed by atoms with Crippen LogP contribution in [0.15, 0.2) is 11.6 Å². The van der Waals surface area contributed by atoms with Crippen molar-refractivity contribution in [1.82, 2.24) is 0 Å². The van der Waals surface area contributed by atoms with Gasteiger partial charge in [-0.2, -0.15) is 0 Å². The fourth-order valence-electron chi connectivity index (χ4n) is 20.7. The molecular formula is C71H114O37. The van der Waals surface area contributed by atoms with Gasteiger partial charge in [0.05, 0.1) is 67.8 Å². The molecule has 0 spiro atoms. The molecule has 44 atom stereocenters. The average Bonchev–Trinajstić information content (AvgIpc) is 0.668. The highest BCUT2D eigenvalue weighted by Crippen LogP contribution is 2.76. The van der Waals surface area contributed by atoms with E-state index in [-0.39, 0.29) is 38.5 Å². The molecule has 0 amide bonds. The van der Waals surface area contributed by atoms with E-state index in [4.69, 9.17) is 66.3 Å². The molecule has 7 saturated heterocycles. The second-order valence-corrected chi connectivity index (χ2v) is 34.0. The highest BCUT2D eigenvalue weighted by molar-refractivity contribution is 5.79. The third-order valence-corrected chi connectivity index (χ3v) is 27.3. The molecule has 21 N–H and O–H groups in total. The number of hydrogen-bond donors (Lipinski definition) is 21. The summed E-state index contributed by atoms with van der Waals surface area (Å²) < 4.78 is 85.8. The number of ether oxygens (including phenoxy) is 14. The van der Waals surface area contributed by atoms with Crippen LogP contribution in [0.5, 0.6) is 0 Å². The number of fused-ring (bicyclic) bond motifs is 7. The van der Waals surface area contributed by atoms with Crippen LogP contribution < -0.4 is 0 Å². The smallest absolute Gasteiger partial charge is 0.315 e. The number of aliphatic carboxylic acids is 1. The first-order valence-electron chi connectivity index (χ1n) is 37.6. The van der Waals surface area contributed by atoms with Crippen LogP contribution in [-0.2, 0) is 75.9 Å². The number of carbonyl (C=O) groups is 2. The predicted molar refractivity (Wildman–Crippen MR) is 354 cm³/mol. The number of carbonyl (C=O) groups excluding carboxylic acids is 1. The SMILES string of the molecule is C[C@@H]1O[C@@H](O[C@H]2[C@@H](O)[C@H](O[C@H]3[C@H](OC(=O)[C@]45CCC(C)(C)C[C@H]4C4=CC[C@@H]6[C@@]7(C)C[C@H](O)[C@H](O[C@@H]8O[C@H](CO)[C@@H](O)[C@H](O)[C@H]8O)[C@@](C)(C(=O)O)[C@@H]7CC[C@@]6(C)[C@]4(CO)CC5)O[C@H](C)[C@H](O)[C@@H]3O[C@@H]3O[C@@H](C)[C@H](O)[C@@H](O)[C@H]3O)O[C@@H](C)[C@@H]2O[C@@H]2OC[C@@H](O[C@@H]3O[C@H](CO)[C@H](O)[C@H](O)[C@H]3O)[C@H](O)[C@H]2O)[C@H](O)[C@H](O)[C@H]1O. The van der Waals surface area contributed by atoms with Crippen molar-refractivity contribution < 1.29 is 183 Å². The molecule has 12 rings (SSSR count). The third kappa shape index (κ3) is 14.3. The lowest BCUT2D eigenvalue weighted by Gasteiger charge is -2.71. The van der Waals surface area contributed by atoms with E-state index in [1.54, 1.807) is 0 Å². The normalized spacial score (nSPS) is 55.3. The summed E-state index contributed by atoms with van der Waals surface area (Å²) >= 11 is 0. The molecule has 7 heterocycles. The van der Waals surface area contributed by atoms with Gasteiger partial charge in [-0.1, -0.05) is 39.3 Å². The summed E-state index contributed by atoms with van der Waals surface area (Å²) in [5.41, 5.74) is -5.96. The van der Waals surface area contributed by atoms with Gasteiger partial charge in [0, 0.05) is 5.41 Å². The maximum atomic E-state index is 16.3. The van der Waals surface area contributed by atoms with Crippen molar-refractivity contribution in [2.45, 2.75) is 341 Å². The molecule has 12 aliphatic rings. The number of rotatable bonds is 18. The lowest BCUT2D eigenvalue weighted by atomic mass is 9.33. The number of carboxylic acid groups (broad SMARTS) is 1. The molecule has 620 valence electrons. The van der Waals surface area contributed by atoms with Gasteiger partial charge in [-0.3, -0.25) is 9.59 Å². The molecular weight excluding hydrogens is 1440 g/mol. The number of aliphatic hydroxyl groups is 20. The Morgan fingerprint density at radius 2 is 0.917 bits per heavy atom. The molecule has 37 heteroatoms. The van der Waals surface area contributed by atoms with Gasteiger partial charge >= 0.3 is 11.9 Å². The van der Waals surface area contributed by atoms with Crippen LogP contribution in [0.1, 0.15) is 120 Å². The van der Waals surface area contributed by atoms with Crippen molar-refractivity contribution in [2.24, 2.45) is 50.2 Å². The van der Waals surface area contributed by atoms with E-state index in [1.807, 2.05) is 13.0 Å². The van der Waals surface area contributed by atoms with Crippen molar-refractivity contribution in [3.63, 3.8) is 0 Å². The number of allylic oxidation sites excluding steroid dienone is 1. The Bertz CT molecular complexity index is 3140. The first kappa shape index (κ1) is 84.7. The Morgan fingerprint density at radius 1 is 0.454 bits per heavy atom. The van der Waals surface area contributed by atoms with Gasteiger partial charge in [-0.25, -0.2) is 0 Å². The number of hydrogen-bond acceptors (Lipinski definition) is 36. The maximum absolute atomic E-state index is 16.3. The van der Waals surface area contributed by atoms with E-state index in [2.05, 4.69) is 20.8 Å². The van der Waals surface area contributed by atoms with Crippen molar-refractivity contribution in [3.05, 3.63) is 11.6 Å². The molecule has 7 aliphatic heterocycles. The molecule has 0 radical (unpaired) electrons. The van der Waals surface area contributed by atoms with Crippen molar-refractivity contribution in [1.29, 1.82) is 0 Å². The third-order valence-electron chi connectivity index (χ3n) is 27.3. The second-order valence-electron chi connectivity index (χ2n) is 34.0. The highest BCUT2D eigenvalue weighted by Gasteiger charge is 2.74. The van der Waals surface area contributed by atoms with E-state index >= 15 is 4.79 Å². The quantitative estimate of drug-likeness (QED) is 0.0345. The predicted octanol–water partition coefficient (Wildman–Crippen LogP) is -6.81. The highest BCUT2D eigenvalue weighted by atomic mass is 16.8. The summed E-state index contributed by atoms with van der Waals surface area (Å²) in [5.74, 6) is -4.01. The zero-order chi connectivity index (χ0) is 79.0. The van der Waals surface area contributed by atoms with Crippen LogP contribution in [0.4, 0.5) is 0 Å². The number of esters is 1. The van der Waals surface area contributed by atoms with E-state index in [9.17, 15) is 112 Å². The molecule has 0 bridgehead atoms. The van der Waals surface area contributed by atoms with E-state index in [0.29, 0.717) is 19.3 Å². The number of aliphatic hydroxyl groups excluding tert-OH is 20. The first-order chi connectivity index (χ1) is 50.6. The van der Waals surface area contributed by atoms with E-state index in [1.165, 1.54) is 34.6 Å². The molecule has 4 saturated carbocycles. The molecule has 11 fully saturated rings. The average molecular weight is 1560 g/mol. The summed E-state index contributed by atoms with van der Waals surface area (Å²) in [6.07, 6.45) is -59.6. The van der Waals surface area contributed by atoms with Gasteiger partial charge < -0.3 is 174 Å². The van der Waals surface area contributed by atoms with Gasteiger partial charge in [0.15, 0.2) is 43.8 Å². The van der Waals surface area contributed by atoms with Crippen molar-refractivity contribution >= 4 is 11.9 Å². The molecule has 0 aromatic rings. The van der Waals surface area contributed by atoms with Crippen molar-refractivity contribution in [2.75, 3.05) is 26.4 Å². The molecule has 108 heavy (non-hydrogen) atoms. The minimum atomic E-state index is -2.23. The van der Waals surface area contributed by atoms with Gasteiger partial charge in [0.25, 0.3) is 0 Å². The summed E-state index contributed by atoms with van der Waals surface area (Å²) in [6.45, 7) is 12.4. The fourth-order valence-corrected chi connectivity index (χ4v) is 20.7. The van der Waals surface area contributed by atoms with Crippen LogP contribution >= 0.6 is 0 Å². The van der Waals surface area contributed by atoms with Crippen LogP contribution in [0.25, 0.3) is 0 Å². The van der Waals surface area contributed by atoms with Gasteiger partial charge in [-0.05, 0) is 126 Å². The standard InChI is InChI=1S/C71H114O37/c1-24-36(76)42(82)47(87)58(96-24)104-53-38(78)26(3)98-63(55(53)106-62-51(91)54(105-59-48(88)43(83)37(77)25(2)97-59)52(27(4)99-62)103-57-46(86)41(81)33(22-95-57)102-60-49(89)44(84)39(79)31(20-72)100-60)108-65(94)70-15-14-66(5,6)18-29(70)28-10-11-34-67(7)19-30(75)56(107-61-50(90)45(85)40(80)32(21-73)101-61)69(9,64(92)93)35(67)12-13-68(34,8)71(28,23-74)17-16-70/h10,24-27,29-63,72-91H,11-23H2,1-9H3,(H,92,93)/t24-,25-,26+,27-,29-,30-,31+,32+,33+,34+,35+,36-,37-,38-,39-,40+,41-,42+,43+,44-,45-,46+,47+,48+,49+,50+,51+,52-,53-,54-,55+,56-,57-,58-,59-,60-,61-,62-,63-,67+,68+,69-,70-,71-/m0/s1. The monoisotopic (exact) mass is 1560 g/mol. The van der Waals surface area contributed by atoms with E-state index in [0.717, 1.165) is 5.57 Å². The van der Waals surface area contributed by atoms with E-state index < -0.39 is 310 Å². The first-order valence-corrected chi connectivity index (χ1v) is 37.6. The molecule has 5 aliphatic carbocycles. The minimum Gasteiger partial charge on any atom is -0.481 e. The van der Waals surface area contributed by atoms with Crippen LogP contribution in [0.2, 0.25) is 0 Å². The molecule has 37 nitrogen and oxygen atoms in total. The van der Waals surface area contributed by atoms with Crippen LogP contribution in [0.3, 0.4) is 0 Å². The van der Waals surface area contributed by atoms with Gasteiger partial charge in [0.2, 0.25) is 6.29 Å². The Morgan fingerprint density at radius 3 is 1.46 bits per heavy atom. The minimum absolute atomic E-state index is 0.0326. The Kier molecular flexibility index (Phi) is 24.9. The largest absolute Gasteiger partial charge is 0.481 e. The molecule has 0 aromatic carbocycles. The summed E-state index contributed by atoms with van der Waals surface area (Å²) in [7, 11) is 0. The fraction of sp³-hybridized carbons (Fsp3) is 0.944. The Hall–Kier alpha value is -2.64. The lowest BCUT2D eigenvalue weighted by molar-refractivity contribution is -0.404. The molecule has 0 aromatic heterocycles. The topological polar surface area (TPSA) is 588 Å². The molecule has 0 unspecified atom stereocenters. The van der Waals surface area contributed by atoms with Crippen molar-refractivity contribution in [3.8, 4) is 0 Å². The Balaban J connectivity index is 0.852. The van der Waals surface area contributed by atoms with Crippen LogP contribution in [0, 0.1) is 50.2 Å². The summed E-state index contributed by atoms with van der Waals surface area (Å²) in [6, 6.07) is 0. The second kappa shape index (κ2) is 31.8. The Labute approximate surface area is 622 Å². The maximum Gasteiger partial charge on any atom is 0.315 e. The lowest BCUT2D eigenvalue weighted by Crippen LogP contribution is -2.71.